The van der Waals surface area contributed by atoms with E-state index in [1.54, 1.807) is 50.6 Å². The van der Waals surface area contributed by atoms with Crippen molar-refractivity contribution in [2.75, 3.05) is 14.2 Å². The van der Waals surface area contributed by atoms with Gasteiger partial charge in [0.1, 0.15) is 5.75 Å². The molecule has 2 bridgehead atoms. The molecule has 0 spiro atoms. The van der Waals surface area contributed by atoms with Crippen LogP contribution in [0.1, 0.15) is 55.5 Å². The second-order valence-electron chi connectivity index (χ2n) is 10.5. The van der Waals surface area contributed by atoms with Gasteiger partial charge in [0.15, 0.2) is 17.8 Å². The molecule has 0 saturated heterocycles. The Labute approximate surface area is 233 Å². The molecule has 0 fully saturated rings. The summed E-state index contributed by atoms with van der Waals surface area (Å²) in [5, 5.41) is 0. The third kappa shape index (κ3) is 3.67. The Morgan fingerprint density at radius 2 is 1.07 bits per heavy atom. The largest absolute Gasteiger partial charge is 0.497 e. The van der Waals surface area contributed by atoms with Crippen molar-refractivity contribution in [3.63, 3.8) is 0 Å². The number of benzene rings is 4. The summed E-state index contributed by atoms with van der Waals surface area (Å²) in [6, 6.07) is 29.8. The molecule has 4 aromatic rings. The van der Waals surface area contributed by atoms with Crippen molar-refractivity contribution in [2.24, 2.45) is 0 Å². The average molecular weight is 535 g/mol. The summed E-state index contributed by atoms with van der Waals surface area (Å²) >= 11 is 0. The van der Waals surface area contributed by atoms with Gasteiger partial charge in [0.2, 0.25) is 0 Å². The van der Waals surface area contributed by atoms with E-state index in [4.69, 9.17) is 18.9 Å². The lowest BCUT2D eigenvalue weighted by Gasteiger charge is -2.59. The fourth-order valence-corrected chi connectivity index (χ4v) is 6.38. The van der Waals surface area contributed by atoms with Gasteiger partial charge in [0.25, 0.3) is 0 Å². The number of esters is 2. The van der Waals surface area contributed by atoms with Crippen LogP contribution in [0.2, 0.25) is 0 Å². The van der Waals surface area contributed by atoms with Crippen LogP contribution in [0.3, 0.4) is 0 Å². The first-order valence-electron chi connectivity index (χ1n) is 13.2. The lowest BCUT2D eigenvalue weighted by atomic mass is 9.51. The van der Waals surface area contributed by atoms with Crippen LogP contribution >= 0.6 is 0 Å². The number of carbonyl (C=O) groups excluding carboxylic acids is 2. The second-order valence-corrected chi connectivity index (χ2v) is 10.5. The minimum Gasteiger partial charge on any atom is -0.497 e. The standard InChI is InChI=1S/C34H30O6/c1-21-13-15-22(16-14-21)31(35)39-29-30(40-32(36)23-17-19-24(37-3)20-18-23)34(38-4)27-11-7-5-9-25(27)33(29,2)26-10-6-8-12-28(26)34/h5-20,29-30H,1-4H3/t29-,30+,33?,34?/m1/s1. The predicted octanol–water partition coefficient (Wildman–Crippen LogP) is 5.98. The maximum absolute atomic E-state index is 13.7. The normalized spacial score (nSPS) is 24.0. The molecule has 0 radical (unpaired) electrons. The number of hydrogen-bond donors (Lipinski definition) is 0. The van der Waals surface area contributed by atoms with E-state index >= 15 is 0 Å². The highest BCUT2D eigenvalue weighted by Gasteiger charge is 2.68. The van der Waals surface area contributed by atoms with E-state index in [-0.39, 0.29) is 0 Å². The summed E-state index contributed by atoms with van der Waals surface area (Å²) in [5.74, 6) is -0.418. The van der Waals surface area contributed by atoms with Crippen LogP contribution in [0.4, 0.5) is 0 Å². The van der Waals surface area contributed by atoms with Crippen molar-refractivity contribution < 1.29 is 28.5 Å². The van der Waals surface area contributed by atoms with E-state index in [9.17, 15) is 9.59 Å². The fourth-order valence-electron chi connectivity index (χ4n) is 6.38. The van der Waals surface area contributed by atoms with E-state index in [0.717, 1.165) is 27.8 Å². The number of ether oxygens (including phenoxy) is 4. The van der Waals surface area contributed by atoms with E-state index in [1.165, 1.54) is 0 Å². The highest BCUT2D eigenvalue weighted by molar-refractivity contribution is 5.91. The zero-order chi connectivity index (χ0) is 28.1. The number of methoxy groups -OCH3 is 2. The summed E-state index contributed by atoms with van der Waals surface area (Å²) in [4.78, 5) is 27.3. The van der Waals surface area contributed by atoms with Crippen molar-refractivity contribution in [1.82, 2.24) is 0 Å². The summed E-state index contributed by atoms with van der Waals surface area (Å²) in [5.41, 5.74) is 3.48. The molecule has 40 heavy (non-hydrogen) atoms. The number of aryl methyl sites for hydroxylation is 1. The molecule has 2 atom stereocenters. The number of hydrogen-bond acceptors (Lipinski definition) is 6. The SMILES string of the molecule is COc1ccc(C(=O)O[C@H]2[C@@H](OC(=O)c3ccc(C)cc3)C3(C)c4ccccc4C2(OC)c2ccccc23)cc1. The molecule has 4 aromatic carbocycles. The van der Waals surface area contributed by atoms with Crippen molar-refractivity contribution in [3.8, 4) is 5.75 Å². The van der Waals surface area contributed by atoms with Gasteiger partial charge in [-0.25, -0.2) is 9.59 Å². The van der Waals surface area contributed by atoms with Crippen LogP contribution in [0.15, 0.2) is 97.1 Å². The average Bonchev–Trinajstić information content (AvgIpc) is 2.99. The first-order chi connectivity index (χ1) is 19.3. The summed E-state index contributed by atoms with van der Waals surface area (Å²) in [6.07, 6.45) is -1.86. The molecule has 0 unspecified atom stereocenters. The molecule has 3 aliphatic carbocycles. The molecule has 0 amide bonds. The molecule has 6 heteroatoms. The van der Waals surface area contributed by atoms with Crippen LogP contribution in [-0.4, -0.2) is 38.4 Å². The van der Waals surface area contributed by atoms with Crippen LogP contribution in [-0.2, 0) is 25.2 Å². The fraction of sp³-hybridized carbons (Fsp3) is 0.235. The van der Waals surface area contributed by atoms with Crippen LogP contribution in [0.25, 0.3) is 0 Å². The Balaban J connectivity index is 1.53. The summed E-state index contributed by atoms with van der Waals surface area (Å²) in [7, 11) is 3.17. The van der Waals surface area contributed by atoms with Gasteiger partial charge in [0.05, 0.1) is 23.7 Å². The van der Waals surface area contributed by atoms with E-state index in [2.05, 4.69) is 0 Å². The maximum Gasteiger partial charge on any atom is 0.338 e. The molecule has 3 aliphatic rings. The Morgan fingerprint density at radius 3 is 1.55 bits per heavy atom. The Morgan fingerprint density at radius 1 is 0.625 bits per heavy atom. The predicted molar refractivity (Wildman–Crippen MR) is 150 cm³/mol. The van der Waals surface area contributed by atoms with Crippen molar-refractivity contribution in [2.45, 2.75) is 37.1 Å². The van der Waals surface area contributed by atoms with E-state index in [0.29, 0.717) is 16.9 Å². The second kappa shape index (κ2) is 9.65. The van der Waals surface area contributed by atoms with Gasteiger partial charge in [-0.15, -0.1) is 0 Å². The van der Waals surface area contributed by atoms with Crippen molar-refractivity contribution in [1.29, 1.82) is 0 Å². The van der Waals surface area contributed by atoms with Crippen molar-refractivity contribution in [3.05, 3.63) is 136 Å². The van der Waals surface area contributed by atoms with Crippen LogP contribution in [0, 0.1) is 6.92 Å². The third-order valence-electron chi connectivity index (χ3n) is 8.42. The zero-order valence-electron chi connectivity index (χ0n) is 22.8. The molecule has 202 valence electrons. The first-order valence-corrected chi connectivity index (χ1v) is 13.2. The topological polar surface area (TPSA) is 71.1 Å². The first kappa shape index (κ1) is 25.8. The highest BCUT2D eigenvalue weighted by atomic mass is 16.6. The molecular weight excluding hydrogens is 504 g/mol. The molecule has 6 nitrogen and oxygen atoms in total. The molecule has 0 N–H and O–H groups in total. The molecule has 0 aliphatic heterocycles. The molecule has 0 saturated carbocycles. The van der Waals surface area contributed by atoms with Gasteiger partial charge >= 0.3 is 11.9 Å². The zero-order valence-corrected chi connectivity index (χ0v) is 22.8. The number of carbonyl (C=O) groups is 2. The van der Waals surface area contributed by atoms with Gasteiger partial charge in [0, 0.05) is 7.11 Å². The van der Waals surface area contributed by atoms with Gasteiger partial charge in [-0.3, -0.25) is 0 Å². The molecule has 7 rings (SSSR count). The van der Waals surface area contributed by atoms with Crippen LogP contribution < -0.4 is 4.74 Å². The molecular formula is C34H30O6. The van der Waals surface area contributed by atoms with Gasteiger partial charge in [-0.1, -0.05) is 66.2 Å². The van der Waals surface area contributed by atoms with Gasteiger partial charge in [-0.05, 0) is 72.5 Å². The van der Waals surface area contributed by atoms with Crippen LogP contribution in [0.5, 0.6) is 5.75 Å². The Bertz CT molecular complexity index is 1540. The lowest BCUT2D eigenvalue weighted by Crippen LogP contribution is -2.67. The quantitative estimate of drug-likeness (QED) is 0.284. The number of fused-ring (bicyclic) bond motifs is 1. The lowest BCUT2D eigenvalue weighted by molar-refractivity contribution is -0.167. The third-order valence-corrected chi connectivity index (χ3v) is 8.42. The minimum absolute atomic E-state index is 0.351. The monoisotopic (exact) mass is 534 g/mol. The Hall–Kier alpha value is -4.42. The minimum atomic E-state index is -1.20. The molecule has 0 aromatic heterocycles. The van der Waals surface area contributed by atoms with Gasteiger partial charge < -0.3 is 18.9 Å². The summed E-state index contributed by atoms with van der Waals surface area (Å²) < 4.78 is 24.3. The van der Waals surface area contributed by atoms with E-state index in [1.807, 2.05) is 74.5 Å². The van der Waals surface area contributed by atoms with Gasteiger partial charge in [-0.2, -0.15) is 0 Å². The maximum atomic E-state index is 13.7. The number of rotatable bonds is 6. The smallest absolute Gasteiger partial charge is 0.338 e. The summed E-state index contributed by atoms with van der Waals surface area (Å²) in [6.45, 7) is 4.01. The van der Waals surface area contributed by atoms with Crippen molar-refractivity contribution >= 4 is 11.9 Å². The van der Waals surface area contributed by atoms with E-state index < -0.39 is 35.2 Å². The Kier molecular flexibility index (Phi) is 6.23. The molecule has 0 heterocycles. The highest BCUT2D eigenvalue weighted by Crippen LogP contribution is 2.61.